The second kappa shape index (κ2) is 10.6. The van der Waals surface area contributed by atoms with Crippen molar-refractivity contribution in [3.05, 3.63) is 12.2 Å². The van der Waals surface area contributed by atoms with E-state index in [4.69, 9.17) is 10.8 Å². The van der Waals surface area contributed by atoms with Crippen molar-refractivity contribution < 1.29 is 14.7 Å². The molecule has 0 rings (SSSR count). The van der Waals surface area contributed by atoms with Gasteiger partial charge in [0, 0.05) is 6.42 Å². The molecule has 0 bridgehead atoms. The van der Waals surface area contributed by atoms with Crippen molar-refractivity contribution >= 4 is 24.2 Å². The van der Waals surface area contributed by atoms with Gasteiger partial charge >= 0.3 is 5.97 Å². The van der Waals surface area contributed by atoms with Crippen LogP contribution >= 0.6 is 12.4 Å². The lowest BCUT2D eigenvalue weighted by Crippen LogP contribution is -2.22. The monoisotopic (exact) mass is 249 g/mol. The molecule has 0 spiro atoms. The normalized spacial score (nSPS) is 12.1. The topological polar surface area (TPSA) is 80.4 Å². The maximum atomic E-state index is 11.0. The first kappa shape index (κ1) is 17.5. The zero-order chi connectivity index (χ0) is 11.7. The minimum absolute atomic E-state index is 0. The fourth-order valence-corrected chi connectivity index (χ4v) is 1.25. The number of carboxylic acid groups (broad SMARTS) is 1. The number of ketones is 1. The van der Waals surface area contributed by atoms with Crippen LogP contribution in [0.1, 0.15) is 32.6 Å². The van der Waals surface area contributed by atoms with Crippen molar-refractivity contribution in [3.8, 4) is 0 Å². The van der Waals surface area contributed by atoms with Gasteiger partial charge in [-0.05, 0) is 19.3 Å². The molecule has 0 heterocycles. The summed E-state index contributed by atoms with van der Waals surface area (Å²) in [5.41, 5.74) is 5.14. The summed E-state index contributed by atoms with van der Waals surface area (Å²) in [5, 5.41) is 8.86. The van der Waals surface area contributed by atoms with Crippen molar-refractivity contribution in [2.75, 3.05) is 6.54 Å². The van der Waals surface area contributed by atoms with Gasteiger partial charge < -0.3 is 10.8 Å². The van der Waals surface area contributed by atoms with Crippen LogP contribution in [0, 0.1) is 5.92 Å². The Labute approximate surface area is 102 Å². The first-order valence-corrected chi connectivity index (χ1v) is 5.21. The Hall–Kier alpha value is -0.870. The highest BCUT2D eigenvalue weighted by Gasteiger charge is 2.19. The molecule has 0 aliphatic heterocycles. The van der Waals surface area contributed by atoms with E-state index in [1.807, 2.05) is 19.1 Å². The molecule has 0 aromatic rings. The van der Waals surface area contributed by atoms with E-state index in [0.29, 0.717) is 12.8 Å². The Morgan fingerprint density at radius 1 is 1.38 bits per heavy atom. The molecule has 1 atom stereocenters. The third kappa shape index (κ3) is 8.44. The van der Waals surface area contributed by atoms with Crippen molar-refractivity contribution in [1.29, 1.82) is 0 Å². The number of hydrogen-bond acceptors (Lipinski definition) is 3. The molecule has 0 amide bonds. The van der Waals surface area contributed by atoms with E-state index in [-0.39, 0.29) is 31.2 Å². The number of carbonyl (C=O) groups excluding carboxylic acids is 1. The van der Waals surface area contributed by atoms with E-state index >= 15 is 0 Å². The molecular weight excluding hydrogens is 230 g/mol. The van der Waals surface area contributed by atoms with Crippen LogP contribution in [0.2, 0.25) is 0 Å². The number of Topliss-reactive ketones (excluding diaryl/α,β-unsaturated/α-hetero) is 1. The molecule has 1 unspecified atom stereocenters. The summed E-state index contributed by atoms with van der Waals surface area (Å²) in [5.74, 6) is -1.70. The second-order valence-corrected chi connectivity index (χ2v) is 3.44. The van der Waals surface area contributed by atoms with E-state index in [1.165, 1.54) is 0 Å². The average Bonchev–Trinajstić information content (AvgIpc) is 2.21. The summed E-state index contributed by atoms with van der Waals surface area (Å²) in [6, 6.07) is 0. The van der Waals surface area contributed by atoms with Gasteiger partial charge in [0.2, 0.25) is 0 Å². The van der Waals surface area contributed by atoms with Gasteiger partial charge in [0.25, 0.3) is 0 Å². The van der Waals surface area contributed by atoms with Gasteiger partial charge in [0.05, 0.1) is 12.5 Å². The minimum Gasteiger partial charge on any atom is -0.481 e. The predicted octanol–water partition coefficient (Wildman–Crippen LogP) is 1.77. The smallest absolute Gasteiger partial charge is 0.306 e. The molecule has 0 saturated carbocycles. The maximum absolute atomic E-state index is 11.0. The molecule has 0 radical (unpaired) electrons. The molecule has 0 fully saturated rings. The third-order valence-corrected chi connectivity index (χ3v) is 2.14. The van der Waals surface area contributed by atoms with Crippen LogP contribution in [-0.2, 0) is 9.59 Å². The van der Waals surface area contributed by atoms with E-state index in [0.717, 1.165) is 6.42 Å². The van der Waals surface area contributed by atoms with Crippen molar-refractivity contribution in [1.82, 2.24) is 0 Å². The lowest BCUT2D eigenvalue weighted by Gasteiger charge is -2.08. The fraction of sp³-hybridized carbons (Fsp3) is 0.636. The van der Waals surface area contributed by atoms with Crippen LogP contribution in [0.15, 0.2) is 12.2 Å². The van der Waals surface area contributed by atoms with Crippen LogP contribution in [-0.4, -0.2) is 23.4 Å². The lowest BCUT2D eigenvalue weighted by atomic mass is 9.97. The molecule has 0 aliphatic rings. The molecule has 0 aromatic heterocycles. The minimum atomic E-state index is -0.915. The molecular formula is C11H20ClNO3. The largest absolute Gasteiger partial charge is 0.481 e. The summed E-state index contributed by atoms with van der Waals surface area (Å²) in [6.07, 6.45) is 6.12. The van der Waals surface area contributed by atoms with Crippen LogP contribution in [0.25, 0.3) is 0 Å². The van der Waals surface area contributed by atoms with Crippen molar-refractivity contribution in [2.45, 2.75) is 32.6 Å². The summed E-state index contributed by atoms with van der Waals surface area (Å²) in [4.78, 5) is 21.8. The molecule has 0 aliphatic carbocycles. The van der Waals surface area contributed by atoms with Gasteiger partial charge in [-0.15, -0.1) is 12.4 Å². The van der Waals surface area contributed by atoms with Crippen molar-refractivity contribution in [2.24, 2.45) is 11.7 Å². The number of rotatable bonds is 8. The van der Waals surface area contributed by atoms with Crippen LogP contribution in [0.5, 0.6) is 0 Å². The zero-order valence-corrected chi connectivity index (χ0v) is 10.3. The number of hydrogen-bond donors (Lipinski definition) is 2. The molecule has 0 saturated heterocycles. The highest BCUT2D eigenvalue weighted by Crippen LogP contribution is 2.12. The number of carbonyl (C=O) groups is 2. The summed E-state index contributed by atoms with van der Waals surface area (Å²) < 4.78 is 0. The van der Waals surface area contributed by atoms with Crippen LogP contribution in [0.4, 0.5) is 0 Å². The number of nitrogens with two attached hydrogens (primary N) is 1. The quantitative estimate of drug-likeness (QED) is 0.643. The molecule has 5 heteroatoms. The van der Waals surface area contributed by atoms with Gasteiger partial charge in [-0.1, -0.05) is 19.1 Å². The first-order valence-electron chi connectivity index (χ1n) is 5.21. The highest BCUT2D eigenvalue weighted by atomic mass is 35.5. The van der Waals surface area contributed by atoms with E-state index in [2.05, 4.69) is 0 Å². The summed E-state index contributed by atoms with van der Waals surface area (Å²) in [7, 11) is 0. The number of halogens is 1. The average molecular weight is 250 g/mol. The zero-order valence-electron chi connectivity index (χ0n) is 9.52. The summed E-state index contributed by atoms with van der Waals surface area (Å²) >= 11 is 0. The molecule has 4 nitrogen and oxygen atoms in total. The third-order valence-electron chi connectivity index (χ3n) is 2.14. The standard InChI is InChI=1S/C11H19NO3.ClH/c1-2-3-4-5-6-9(11(14)15)7-10(13)8-12;/h3-4,9H,2,5-8,12H2,1H3,(H,14,15);1H. The van der Waals surface area contributed by atoms with Gasteiger partial charge in [-0.25, -0.2) is 0 Å². The first-order chi connectivity index (χ1) is 7.11. The van der Waals surface area contributed by atoms with Crippen LogP contribution in [0.3, 0.4) is 0 Å². The highest BCUT2D eigenvalue weighted by molar-refractivity contribution is 5.85. The Morgan fingerprint density at radius 3 is 2.44 bits per heavy atom. The lowest BCUT2D eigenvalue weighted by molar-refractivity contribution is -0.143. The molecule has 3 N–H and O–H groups in total. The Bertz CT molecular complexity index is 241. The van der Waals surface area contributed by atoms with E-state index < -0.39 is 11.9 Å². The summed E-state index contributed by atoms with van der Waals surface area (Å²) in [6.45, 7) is 1.94. The van der Waals surface area contributed by atoms with E-state index in [1.54, 1.807) is 0 Å². The number of carboxylic acids is 1. The van der Waals surface area contributed by atoms with E-state index in [9.17, 15) is 9.59 Å². The molecule has 94 valence electrons. The Balaban J connectivity index is 0. The SMILES string of the molecule is CCC=CCCC(CC(=O)CN)C(=O)O.Cl. The molecule has 16 heavy (non-hydrogen) atoms. The van der Waals surface area contributed by atoms with Gasteiger partial charge in [0.15, 0.2) is 0 Å². The van der Waals surface area contributed by atoms with Gasteiger partial charge in [-0.2, -0.15) is 0 Å². The number of allylic oxidation sites excluding steroid dienone is 2. The van der Waals surface area contributed by atoms with Gasteiger partial charge in [0.1, 0.15) is 5.78 Å². The maximum Gasteiger partial charge on any atom is 0.306 e. The fourth-order valence-electron chi connectivity index (χ4n) is 1.25. The Kier molecular flexibility index (Phi) is 11.7. The Morgan fingerprint density at radius 2 is 2.00 bits per heavy atom. The van der Waals surface area contributed by atoms with Crippen LogP contribution < -0.4 is 5.73 Å². The van der Waals surface area contributed by atoms with Gasteiger partial charge in [-0.3, -0.25) is 9.59 Å². The van der Waals surface area contributed by atoms with Crippen molar-refractivity contribution in [3.63, 3.8) is 0 Å². The predicted molar refractivity (Wildman–Crippen MR) is 65.7 cm³/mol. The number of aliphatic carboxylic acids is 1. The molecule has 0 aromatic carbocycles. The second-order valence-electron chi connectivity index (χ2n) is 3.44.